The fraction of sp³-hybridized carbons (Fsp3) is 0.300. The van der Waals surface area contributed by atoms with Gasteiger partial charge in [-0.3, -0.25) is 9.59 Å². The second-order valence-corrected chi connectivity index (χ2v) is 6.43. The van der Waals surface area contributed by atoms with Crippen molar-refractivity contribution in [2.45, 2.75) is 39.2 Å². The molecular weight excluding hydrogens is 316 g/mol. The maximum atomic E-state index is 12.2. The first kappa shape index (κ1) is 17.2. The van der Waals surface area contributed by atoms with E-state index < -0.39 is 0 Å². The second kappa shape index (κ2) is 7.49. The first-order valence-corrected chi connectivity index (χ1v) is 8.47. The summed E-state index contributed by atoms with van der Waals surface area (Å²) in [7, 11) is 0. The molecular formula is C20H22N2O3. The number of fused-ring (bicyclic) bond motifs is 1. The van der Waals surface area contributed by atoms with E-state index in [2.05, 4.69) is 10.6 Å². The van der Waals surface area contributed by atoms with Crippen molar-refractivity contribution in [2.75, 3.05) is 10.6 Å². The molecule has 0 radical (unpaired) electrons. The molecule has 0 bridgehead atoms. The summed E-state index contributed by atoms with van der Waals surface area (Å²) in [6.45, 7) is 1.88. The van der Waals surface area contributed by atoms with E-state index >= 15 is 0 Å². The molecule has 5 heteroatoms. The molecule has 0 unspecified atom stereocenters. The maximum absolute atomic E-state index is 12.2. The number of carbonyl (C=O) groups excluding carboxylic acids is 2. The highest BCUT2D eigenvalue weighted by Crippen LogP contribution is 2.24. The van der Waals surface area contributed by atoms with Crippen LogP contribution in [0.2, 0.25) is 0 Å². The summed E-state index contributed by atoms with van der Waals surface area (Å²) >= 11 is 0. The van der Waals surface area contributed by atoms with Crippen LogP contribution in [0.15, 0.2) is 36.4 Å². The fourth-order valence-electron chi connectivity index (χ4n) is 3.01. The predicted octanol–water partition coefficient (Wildman–Crippen LogP) is 2.94. The lowest BCUT2D eigenvalue weighted by atomic mass is 10.0. The minimum Gasteiger partial charge on any atom is -0.392 e. The molecule has 5 nitrogen and oxygen atoms in total. The van der Waals surface area contributed by atoms with Crippen LogP contribution < -0.4 is 10.6 Å². The average molecular weight is 338 g/mol. The number of rotatable bonds is 6. The van der Waals surface area contributed by atoms with Gasteiger partial charge in [-0.15, -0.1) is 0 Å². The molecule has 130 valence electrons. The number of anilines is 2. The van der Waals surface area contributed by atoms with Crippen LogP contribution in [0.3, 0.4) is 0 Å². The number of hydrogen-bond acceptors (Lipinski definition) is 3. The Morgan fingerprint density at radius 2 is 2.00 bits per heavy atom. The normalized spacial score (nSPS) is 12.6. The fourth-order valence-corrected chi connectivity index (χ4v) is 3.01. The van der Waals surface area contributed by atoms with E-state index in [0.717, 1.165) is 46.5 Å². The summed E-state index contributed by atoms with van der Waals surface area (Å²) in [5, 5.41) is 14.9. The molecule has 2 aromatic carbocycles. The van der Waals surface area contributed by atoms with Crippen molar-refractivity contribution >= 4 is 23.2 Å². The first-order chi connectivity index (χ1) is 12.0. The number of aliphatic hydroxyl groups excluding tert-OH is 1. The lowest BCUT2D eigenvalue weighted by Gasteiger charge is -2.10. The Morgan fingerprint density at radius 1 is 1.20 bits per heavy atom. The van der Waals surface area contributed by atoms with Crippen LogP contribution >= 0.6 is 0 Å². The van der Waals surface area contributed by atoms with Gasteiger partial charge in [-0.1, -0.05) is 24.3 Å². The van der Waals surface area contributed by atoms with Gasteiger partial charge in [0.1, 0.15) is 0 Å². The van der Waals surface area contributed by atoms with Gasteiger partial charge in [0.15, 0.2) is 0 Å². The van der Waals surface area contributed by atoms with Crippen LogP contribution in [-0.4, -0.2) is 16.9 Å². The quantitative estimate of drug-likeness (QED) is 0.758. The van der Waals surface area contributed by atoms with Gasteiger partial charge < -0.3 is 15.7 Å². The van der Waals surface area contributed by atoms with Gasteiger partial charge in [-0.2, -0.15) is 0 Å². The molecule has 0 atom stereocenters. The minimum atomic E-state index is -0.0428. The Hall–Kier alpha value is -2.66. The van der Waals surface area contributed by atoms with Crippen LogP contribution in [-0.2, 0) is 29.0 Å². The monoisotopic (exact) mass is 338 g/mol. The van der Waals surface area contributed by atoms with E-state index in [1.807, 2.05) is 37.3 Å². The standard InChI is InChI=1S/C20H22N2O3/c1-13-5-6-15(12-23)10-18(13)22-19(24)4-2-3-14-7-8-17-16(9-14)11-20(25)21-17/h5-10,23H,2-4,11-12H2,1H3,(H,21,25)(H,22,24). The summed E-state index contributed by atoms with van der Waals surface area (Å²) < 4.78 is 0. The van der Waals surface area contributed by atoms with E-state index in [9.17, 15) is 14.7 Å². The number of hydrogen-bond donors (Lipinski definition) is 3. The van der Waals surface area contributed by atoms with Crippen molar-refractivity contribution in [3.05, 3.63) is 58.7 Å². The first-order valence-electron chi connectivity index (χ1n) is 8.47. The van der Waals surface area contributed by atoms with E-state index in [1.54, 1.807) is 6.07 Å². The van der Waals surface area contributed by atoms with Gasteiger partial charge >= 0.3 is 0 Å². The number of aryl methyl sites for hydroxylation is 2. The zero-order chi connectivity index (χ0) is 17.8. The van der Waals surface area contributed by atoms with Gasteiger partial charge in [0.2, 0.25) is 11.8 Å². The molecule has 0 saturated carbocycles. The molecule has 0 aromatic heterocycles. The summed E-state index contributed by atoms with van der Waals surface area (Å²) in [5.41, 5.74) is 5.57. The highest BCUT2D eigenvalue weighted by Gasteiger charge is 2.17. The molecule has 2 aromatic rings. The molecule has 0 fully saturated rings. The topological polar surface area (TPSA) is 78.4 Å². The van der Waals surface area contributed by atoms with Gasteiger partial charge in [0, 0.05) is 17.8 Å². The van der Waals surface area contributed by atoms with E-state index in [-0.39, 0.29) is 18.4 Å². The molecule has 0 saturated heterocycles. The van der Waals surface area contributed by atoms with E-state index in [4.69, 9.17) is 0 Å². The molecule has 1 heterocycles. The molecule has 1 aliphatic rings. The lowest BCUT2D eigenvalue weighted by molar-refractivity contribution is -0.116. The average Bonchev–Trinajstić information content (AvgIpc) is 2.96. The molecule has 0 aliphatic carbocycles. The van der Waals surface area contributed by atoms with Crippen molar-refractivity contribution in [1.82, 2.24) is 0 Å². The number of carbonyl (C=O) groups is 2. The third-order valence-electron chi connectivity index (χ3n) is 4.42. The van der Waals surface area contributed by atoms with Gasteiger partial charge in [0.25, 0.3) is 0 Å². The third kappa shape index (κ3) is 4.25. The molecule has 3 rings (SSSR count). The Morgan fingerprint density at radius 3 is 2.80 bits per heavy atom. The third-order valence-corrected chi connectivity index (χ3v) is 4.42. The van der Waals surface area contributed by atoms with Crippen molar-refractivity contribution in [3.63, 3.8) is 0 Å². The molecule has 25 heavy (non-hydrogen) atoms. The summed E-state index contributed by atoms with van der Waals surface area (Å²) in [6.07, 6.45) is 2.40. The molecule has 2 amide bonds. The maximum Gasteiger partial charge on any atom is 0.228 e. The van der Waals surface area contributed by atoms with Crippen molar-refractivity contribution in [1.29, 1.82) is 0 Å². The highest BCUT2D eigenvalue weighted by molar-refractivity contribution is 5.99. The van der Waals surface area contributed by atoms with Crippen molar-refractivity contribution in [2.24, 2.45) is 0 Å². The van der Waals surface area contributed by atoms with Crippen molar-refractivity contribution in [3.8, 4) is 0 Å². The van der Waals surface area contributed by atoms with E-state index in [0.29, 0.717) is 12.8 Å². The Balaban J connectivity index is 1.52. The Kier molecular flexibility index (Phi) is 5.14. The summed E-state index contributed by atoms with van der Waals surface area (Å²) in [5.74, 6) is 0.00296. The summed E-state index contributed by atoms with van der Waals surface area (Å²) in [4.78, 5) is 23.5. The molecule has 0 spiro atoms. The number of nitrogens with one attached hydrogen (secondary N) is 2. The largest absolute Gasteiger partial charge is 0.392 e. The number of amides is 2. The molecule has 1 aliphatic heterocycles. The zero-order valence-corrected chi connectivity index (χ0v) is 14.3. The smallest absolute Gasteiger partial charge is 0.228 e. The highest BCUT2D eigenvalue weighted by atomic mass is 16.3. The van der Waals surface area contributed by atoms with Crippen LogP contribution in [0.25, 0.3) is 0 Å². The second-order valence-electron chi connectivity index (χ2n) is 6.43. The zero-order valence-electron chi connectivity index (χ0n) is 14.3. The van der Waals surface area contributed by atoms with Crippen LogP contribution in [0, 0.1) is 6.92 Å². The Bertz CT molecular complexity index is 815. The van der Waals surface area contributed by atoms with Gasteiger partial charge in [-0.25, -0.2) is 0 Å². The van der Waals surface area contributed by atoms with E-state index in [1.165, 1.54) is 0 Å². The Labute approximate surface area is 147 Å². The van der Waals surface area contributed by atoms with Crippen LogP contribution in [0.5, 0.6) is 0 Å². The number of aliphatic hydroxyl groups is 1. The SMILES string of the molecule is Cc1ccc(CO)cc1NC(=O)CCCc1ccc2c(c1)CC(=O)N2. The lowest BCUT2D eigenvalue weighted by Crippen LogP contribution is -2.12. The van der Waals surface area contributed by atoms with Gasteiger partial charge in [-0.05, 0) is 54.2 Å². The minimum absolute atomic E-state index is 0.0313. The van der Waals surface area contributed by atoms with Crippen LogP contribution in [0.4, 0.5) is 11.4 Å². The van der Waals surface area contributed by atoms with Gasteiger partial charge in [0.05, 0.1) is 13.0 Å². The summed E-state index contributed by atoms with van der Waals surface area (Å²) in [6, 6.07) is 11.5. The van der Waals surface area contributed by atoms with Crippen LogP contribution in [0.1, 0.15) is 35.1 Å². The molecule has 3 N–H and O–H groups in total. The predicted molar refractivity (Wildman–Crippen MR) is 97.4 cm³/mol. The number of benzene rings is 2. The van der Waals surface area contributed by atoms with Crippen molar-refractivity contribution < 1.29 is 14.7 Å².